The number of sulfonamides is 1. The van der Waals surface area contributed by atoms with E-state index in [1.807, 2.05) is 44.2 Å². The largest absolute Gasteiger partial charge is 0.610 e. The number of ether oxygens (including phenoxy) is 1. The molecule has 1 atom stereocenters. The van der Waals surface area contributed by atoms with Crippen LogP contribution in [0.25, 0.3) is 0 Å². The van der Waals surface area contributed by atoms with Crippen LogP contribution in [0.5, 0.6) is 0 Å². The highest BCUT2D eigenvalue weighted by Crippen LogP contribution is 2.38. The Balaban J connectivity index is 1.63. The van der Waals surface area contributed by atoms with E-state index in [0.717, 1.165) is 50.3 Å². The third-order valence-electron chi connectivity index (χ3n) is 6.36. The molecular weight excluding hydrogens is 456 g/mol. The normalized spacial score (nSPS) is 19.2. The number of fused-ring (bicyclic) bond motifs is 1. The monoisotopic (exact) mass is 490 g/mol. The third kappa shape index (κ3) is 5.34. The van der Waals surface area contributed by atoms with Crippen LogP contribution in [0.15, 0.2) is 52.3 Å². The lowest BCUT2D eigenvalue weighted by molar-refractivity contribution is 0.0684. The number of anilines is 2. The number of benzene rings is 2. The Hall–Kier alpha value is -1.74. The second kappa shape index (κ2) is 10.3. The fourth-order valence-corrected chi connectivity index (χ4v) is 7.55. The van der Waals surface area contributed by atoms with E-state index in [-0.39, 0.29) is 10.8 Å². The van der Waals surface area contributed by atoms with Gasteiger partial charge >= 0.3 is 0 Å². The molecule has 180 valence electrons. The number of hydrogen-bond acceptors (Lipinski definition) is 5. The van der Waals surface area contributed by atoms with Gasteiger partial charge in [-0.05, 0) is 60.9 Å². The van der Waals surface area contributed by atoms with Crippen LogP contribution in [0.3, 0.4) is 0 Å². The van der Waals surface area contributed by atoms with Gasteiger partial charge in [-0.25, -0.2) is 8.42 Å². The smallest absolute Gasteiger partial charge is 0.264 e. The molecule has 33 heavy (non-hydrogen) atoms. The molecule has 6 nitrogen and oxygen atoms in total. The van der Waals surface area contributed by atoms with E-state index in [0.29, 0.717) is 28.9 Å². The lowest BCUT2D eigenvalue weighted by Crippen LogP contribution is -2.34. The molecule has 0 N–H and O–H groups in total. The molecule has 0 spiro atoms. The summed E-state index contributed by atoms with van der Waals surface area (Å²) in [5.74, 6) is 1.09. The third-order valence-corrected chi connectivity index (χ3v) is 9.51. The lowest BCUT2D eigenvalue weighted by Gasteiger charge is -2.27. The molecule has 2 aliphatic rings. The van der Waals surface area contributed by atoms with Crippen LogP contribution in [0.2, 0.25) is 0 Å². The quantitative estimate of drug-likeness (QED) is 0.513. The molecule has 2 aliphatic heterocycles. The molecule has 0 amide bonds. The Morgan fingerprint density at radius 1 is 1.15 bits per heavy atom. The van der Waals surface area contributed by atoms with Crippen LogP contribution in [0.1, 0.15) is 39.2 Å². The lowest BCUT2D eigenvalue weighted by atomic mass is 10.00. The summed E-state index contributed by atoms with van der Waals surface area (Å²) in [5.41, 5.74) is 2.71. The Kier molecular flexibility index (Phi) is 7.58. The summed E-state index contributed by atoms with van der Waals surface area (Å²) in [6.45, 7) is 8.85. The zero-order chi connectivity index (χ0) is 23.6. The van der Waals surface area contributed by atoms with Crippen LogP contribution < -0.4 is 9.21 Å². The van der Waals surface area contributed by atoms with Crippen molar-refractivity contribution in [3.8, 4) is 0 Å². The second-order valence-electron chi connectivity index (χ2n) is 9.33. The van der Waals surface area contributed by atoms with Gasteiger partial charge in [-0.3, -0.25) is 4.31 Å². The van der Waals surface area contributed by atoms with Crippen molar-refractivity contribution in [2.75, 3.05) is 41.4 Å². The van der Waals surface area contributed by atoms with Gasteiger partial charge in [-0.2, -0.15) is 0 Å². The molecule has 0 aliphatic carbocycles. The molecular formula is C25H34N2O4S2. The first-order chi connectivity index (χ1) is 15.8. The summed E-state index contributed by atoms with van der Waals surface area (Å²) in [5, 5.41) is 0. The maximum Gasteiger partial charge on any atom is 0.264 e. The molecule has 0 aromatic heterocycles. The molecule has 0 radical (unpaired) electrons. The van der Waals surface area contributed by atoms with E-state index in [1.54, 1.807) is 12.1 Å². The maximum atomic E-state index is 13.7. The second-order valence-corrected chi connectivity index (χ2v) is 12.6. The Labute approximate surface area is 201 Å². The van der Waals surface area contributed by atoms with Crippen molar-refractivity contribution < 1.29 is 17.7 Å². The summed E-state index contributed by atoms with van der Waals surface area (Å²) in [7, 11) is -3.79. The zero-order valence-corrected chi connectivity index (χ0v) is 21.3. The van der Waals surface area contributed by atoms with Gasteiger partial charge in [0.05, 0.1) is 16.3 Å². The molecule has 4 rings (SSSR count). The van der Waals surface area contributed by atoms with E-state index in [2.05, 4.69) is 11.8 Å². The van der Waals surface area contributed by atoms with Crippen molar-refractivity contribution >= 4 is 32.6 Å². The number of rotatable bonds is 8. The first-order valence-electron chi connectivity index (χ1n) is 11.8. The minimum Gasteiger partial charge on any atom is -0.610 e. The summed E-state index contributed by atoms with van der Waals surface area (Å²) >= 11 is -1.24. The van der Waals surface area contributed by atoms with Gasteiger partial charge in [0.15, 0.2) is 10.8 Å². The minimum absolute atomic E-state index is 0.157. The van der Waals surface area contributed by atoms with Crippen molar-refractivity contribution in [1.29, 1.82) is 0 Å². The first kappa shape index (κ1) is 24.4. The van der Waals surface area contributed by atoms with Gasteiger partial charge in [0, 0.05) is 43.5 Å². The van der Waals surface area contributed by atoms with Gasteiger partial charge in [0.2, 0.25) is 0 Å². The van der Waals surface area contributed by atoms with Crippen molar-refractivity contribution in [3.05, 3.63) is 48.0 Å². The Morgan fingerprint density at radius 2 is 1.85 bits per heavy atom. The molecule has 2 aromatic rings. The van der Waals surface area contributed by atoms with Crippen LogP contribution in [-0.4, -0.2) is 45.2 Å². The summed E-state index contributed by atoms with van der Waals surface area (Å²) < 4.78 is 47.3. The maximum absolute atomic E-state index is 13.7. The molecule has 1 unspecified atom stereocenters. The summed E-state index contributed by atoms with van der Waals surface area (Å²) in [6, 6.07) is 12.8. The van der Waals surface area contributed by atoms with Gasteiger partial charge in [-0.1, -0.05) is 32.9 Å². The van der Waals surface area contributed by atoms with Gasteiger partial charge < -0.3 is 14.2 Å². The average Bonchev–Trinajstić information content (AvgIpc) is 3.12. The highest BCUT2D eigenvalue weighted by molar-refractivity contribution is 7.93. The molecule has 8 heteroatoms. The highest BCUT2D eigenvalue weighted by Gasteiger charge is 2.36. The van der Waals surface area contributed by atoms with Crippen LogP contribution in [-0.2, 0) is 32.4 Å². The van der Waals surface area contributed by atoms with Crippen molar-refractivity contribution in [2.24, 2.45) is 11.8 Å². The minimum atomic E-state index is -3.79. The molecule has 1 fully saturated rings. The number of nitrogens with zero attached hydrogens (tertiary/aromatic N) is 2. The van der Waals surface area contributed by atoms with E-state index in [9.17, 15) is 13.0 Å². The first-order valence-corrected chi connectivity index (χ1v) is 14.5. The van der Waals surface area contributed by atoms with Gasteiger partial charge in [-0.15, -0.1) is 0 Å². The van der Waals surface area contributed by atoms with E-state index in [1.165, 1.54) is 4.31 Å². The SMILES string of the molecule is CCc1ccc(N(CC(C)C)S(=O)(=O)c2ccc3c(c2)[S+]([O-])CN3CC2CCOCC2)cc1. The topological polar surface area (TPSA) is 72.9 Å². The fraction of sp³-hybridized carbons (Fsp3) is 0.520. The molecule has 0 bridgehead atoms. The van der Waals surface area contributed by atoms with Crippen LogP contribution in [0, 0.1) is 11.8 Å². The van der Waals surface area contributed by atoms with Crippen molar-refractivity contribution in [1.82, 2.24) is 0 Å². The number of hydrogen-bond donors (Lipinski definition) is 0. The highest BCUT2D eigenvalue weighted by atomic mass is 32.2. The van der Waals surface area contributed by atoms with Gasteiger partial charge in [0.25, 0.3) is 10.0 Å². The van der Waals surface area contributed by atoms with Crippen molar-refractivity contribution in [2.45, 2.75) is 49.8 Å². The summed E-state index contributed by atoms with van der Waals surface area (Å²) in [6.07, 6.45) is 2.91. The fourth-order valence-electron chi connectivity index (χ4n) is 4.47. The predicted molar refractivity (Wildman–Crippen MR) is 134 cm³/mol. The van der Waals surface area contributed by atoms with E-state index >= 15 is 0 Å². The van der Waals surface area contributed by atoms with Crippen LogP contribution in [0.4, 0.5) is 11.4 Å². The van der Waals surface area contributed by atoms with Crippen molar-refractivity contribution in [3.63, 3.8) is 0 Å². The standard InChI is InChI=1S/C25H34N2O4S2/c1-4-20-5-7-22(8-6-20)27(16-19(2)3)33(29,30)23-9-10-24-25(15-23)32(28)18-26(24)17-21-11-13-31-14-12-21/h5-10,15,19,21H,4,11-14,16-18H2,1-3H3. The molecule has 2 heterocycles. The molecule has 1 saturated heterocycles. The Morgan fingerprint density at radius 3 is 2.48 bits per heavy atom. The zero-order valence-electron chi connectivity index (χ0n) is 19.7. The average molecular weight is 491 g/mol. The Bertz CT molecular complexity index is 1050. The van der Waals surface area contributed by atoms with Gasteiger partial charge in [0.1, 0.15) is 0 Å². The number of aryl methyl sites for hydroxylation is 1. The molecule has 2 aromatic carbocycles. The van der Waals surface area contributed by atoms with E-state index in [4.69, 9.17) is 4.74 Å². The summed E-state index contributed by atoms with van der Waals surface area (Å²) in [4.78, 5) is 2.96. The van der Waals surface area contributed by atoms with E-state index < -0.39 is 21.2 Å². The van der Waals surface area contributed by atoms with Crippen LogP contribution >= 0.6 is 0 Å². The molecule has 0 saturated carbocycles. The predicted octanol–water partition coefficient (Wildman–Crippen LogP) is 4.41.